The van der Waals surface area contributed by atoms with Crippen molar-refractivity contribution >= 4 is 22.1 Å². The summed E-state index contributed by atoms with van der Waals surface area (Å²) >= 11 is 3.26. The third-order valence-corrected chi connectivity index (χ3v) is 1.88. The molecule has 0 aliphatic heterocycles. The molecule has 0 N–H and O–H groups in total. The van der Waals surface area contributed by atoms with E-state index in [1.54, 1.807) is 31.2 Å². The summed E-state index contributed by atoms with van der Waals surface area (Å²) in [7, 11) is 3.57. The predicted molar refractivity (Wildman–Crippen MR) is 55.4 cm³/mol. The van der Waals surface area contributed by atoms with Crippen molar-refractivity contribution in [2.45, 2.75) is 0 Å². The highest BCUT2D eigenvalue weighted by Crippen LogP contribution is 2.13. The van der Waals surface area contributed by atoms with Gasteiger partial charge in [-0.25, -0.2) is 4.39 Å². The molecule has 0 bridgehead atoms. The van der Waals surface area contributed by atoms with Gasteiger partial charge in [-0.15, -0.1) is 0 Å². The summed E-state index contributed by atoms with van der Waals surface area (Å²) < 4.78 is 13.9. The van der Waals surface area contributed by atoms with Crippen molar-refractivity contribution < 1.29 is 4.39 Å². The molecule has 0 saturated carbocycles. The van der Waals surface area contributed by atoms with Crippen LogP contribution in [-0.2, 0) is 0 Å². The molecule has 0 unspecified atom stereocenters. The van der Waals surface area contributed by atoms with Crippen LogP contribution >= 0.6 is 15.9 Å². The first kappa shape index (κ1) is 10.2. The lowest BCUT2D eigenvalue weighted by Gasteiger charge is -2.03. The average molecular weight is 245 g/mol. The zero-order valence-corrected chi connectivity index (χ0v) is 9.05. The summed E-state index contributed by atoms with van der Waals surface area (Å²) in [5.41, 5.74) is 0.475. The number of halogens is 2. The summed E-state index contributed by atoms with van der Waals surface area (Å²) in [5, 5.41) is 5.56. The maximum absolute atomic E-state index is 13.1. The first-order valence-electron chi connectivity index (χ1n) is 3.76. The smallest absolute Gasteiger partial charge is 0.132 e. The Hall–Kier alpha value is -0.900. The second kappa shape index (κ2) is 4.37. The van der Waals surface area contributed by atoms with Gasteiger partial charge in [0.05, 0.1) is 6.21 Å². The lowest BCUT2D eigenvalue weighted by molar-refractivity contribution is 0.440. The molecule has 70 valence electrons. The van der Waals surface area contributed by atoms with E-state index in [2.05, 4.69) is 21.0 Å². The number of hydrazone groups is 1. The summed E-state index contributed by atoms with van der Waals surface area (Å²) in [5.74, 6) is -0.270. The van der Waals surface area contributed by atoms with E-state index in [9.17, 15) is 4.39 Å². The largest absolute Gasteiger partial charge is 0.303 e. The van der Waals surface area contributed by atoms with E-state index in [1.165, 1.54) is 12.3 Å². The van der Waals surface area contributed by atoms with Gasteiger partial charge in [-0.2, -0.15) is 5.10 Å². The fraction of sp³-hybridized carbons (Fsp3) is 0.222. The van der Waals surface area contributed by atoms with Gasteiger partial charge in [-0.3, -0.25) is 0 Å². The number of nitrogens with zero attached hydrogens (tertiary/aromatic N) is 2. The summed E-state index contributed by atoms with van der Waals surface area (Å²) in [6, 6.07) is 4.74. The van der Waals surface area contributed by atoms with E-state index in [0.717, 1.165) is 4.47 Å². The topological polar surface area (TPSA) is 15.6 Å². The van der Waals surface area contributed by atoms with E-state index < -0.39 is 0 Å². The lowest BCUT2D eigenvalue weighted by Crippen LogP contribution is -2.02. The third kappa shape index (κ3) is 3.14. The molecule has 0 fully saturated rings. The molecule has 2 nitrogen and oxygen atoms in total. The van der Waals surface area contributed by atoms with Gasteiger partial charge in [-0.1, -0.05) is 15.9 Å². The normalized spacial score (nSPS) is 10.8. The van der Waals surface area contributed by atoms with Crippen molar-refractivity contribution in [2.24, 2.45) is 5.10 Å². The molecule has 0 aliphatic rings. The SMILES string of the molecule is CN(C)/N=C/c1cc(Br)ccc1F. The van der Waals surface area contributed by atoms with Crippen LogP contribution < -0.4 is 0 Å². The second-order valence-electron chi connectivity index (χ2n) is 2.76. The first-order valence-corrected chi connectivity index (χ1v) is 4.55. The number of hydrogen-bond acceptors (Lipinski definition) is 2. The molecule has 0 aromatic heterocycles. The van der Waals surface area contributed by atoms with Crippen LogP contribution in [0.15, 0.2) is 27.8 Å². The summed E-state index contributed by atoms with van der Waals surface area (Å²) in [4.78, 5) is 0. The monoisotopic (exact) mass is 244 g/mol. The molecule has 0 saturated heterocycles. The maximum Gasteiger partial charge on any atom is 0.132 e. The Balaban J connectivity index is 2.93. The Bertz CT molecular complexity index is 323. The fourth-order valence-electron chi connectivity index (χ4n) is 0.791. The van der Waals surface area contributed by atoms with E-state index in [4.69, 9.17) is 0 Å². The summed E-state index contributed by atoms with van der Waals surface area (Å²) in [6.45, 7) is 0. The van der Waals surface area contributed by atoms with Gasteiger partial charge in [0, 0.05) is 24.1 Å². The van der Waals surface area contributed by atoms with Crippen molar-refractivity contribution in [3.05, 3.63) is 34.1 Å². The van der Waals surface area contributed by atoms with Gasteiger partial charge in [-0.05, 0) is 18.2 Å². The van der Waals surface area contributed by atoms with Crippen LogP contribution in [0, 0.1) is 5.82 Å². The van der Waals surface area contributed by atoms with Crippen LogP contribution in [0.4, 0.5) is 4.39 Å². The van der Waals surface area contributed by atoms with Gasteiger partial charge < -0.3 is 5.01 Å². The van der Waals surface area contributed by atoms with Crippen LogP contribution in [0.3, 0.4) is 0 Å². The van der Waals surface area contributed by atoms with Gasteiger partial charge in [0.25, 0.3) is 0 Å². The van der Waals surface area contributed by atoms with Crippen molar-refractivity contribution in [1.82, 2.24) is 5.01 Å². The van der Waals surface area contributed by atoms with E-state index >= 15 is 0 Å². The molecule has 4 heteroatoms. The van der Waals surface area contributed by atoms with Crippen molar-refractivity contribution in [1.29, 1.82) is 0 Å². The Kier molecular flexibility index (Phi) is 3.42. The molecular formula is C9H10BrFN2. The molecule has 0 aliphatic carbocycles. The van der Waals surface area contributed by atoms with Crippen LogP contribution in [0.2, 0.25) is 0 Å². The van der Waals surface area contributed by atoms with Crippen LogP contribution in [0.5, 0.6) is 0 Å². The molecule has 0 amide bonds. The molecule has 0 atom stereocenters. The molecule has 0 heterocycles. The molecular weight excluding hydrogens is 235 g/mol. The van der Waals surface area contributed by atoms with Crippen LogP contribution in [-0.4, -0.2) is 25.3 Å². The zero-order chi connectivity index (χ0) is 9.84. The lowest BCUT2D eigenvalue weighted by atomic mass is 10.2. The van der Waals surface area contributed by atoms with Crippen molar-refractivity contribution in [2.75, 3.05) is 14.1 Å². The minimum absolute atomic E-state index is 0.270. The van der Waals surface area contributed by atoms with Crippen molar-refractivity contribution in [3.63, 3.8) is 0 Å². The highest BCUT2D eigenvalue weighted by molar-refractivity contribution is 9.10. The Morgan fingerprint density at radius 2 is 2.15 bits per heavy atom. The highest BCUT2D eigenvalue weighted by Gasteiger charge is 1.99. The highest BCUT2D eigenvalue weighted by atomic mass is 79.9. The molecule has 1 aromatic carbocycles. The number of rotatable bonds is 2. The average Bonchev–Trinajstić information content (AvgIpc) is 2.06. The maximum atomic E-state index is 13.1. The molecule has 1 rings (SSSR count). The number of benzene rings is 1. The standard InChI is InChI=1S/C9H10BrFN2/c1-13(2)12-6-7-5-8(10)3-4-9(7)11/h3-6H,1-2H3/b12-6+. The molecule has 13 heavy (non-hydrogen) atoms. The predicted octanol–water partition coefficient (Wildman–Crippen LogP) is 2.48. The molecule has 1 aromatic rings. The Labute approximate surface area is 85.2 Å². The van der Waals surface area contributed by atoms with Gasteiger partial charge in [0.2, 0.25) is 0 Å². The van der Waals surface area contributed by atoms with Crippen LogP contribution in [0.25, 0.3) is 0 Å². The van der Waals surface area contributed by atoms with E-state index in [1.807, 2.05) is 0 Å². The summed E-state index contributed by atoms with van der Waals surface area (Å²) in [6.07, 6.45) is 1.49. The van der Waals surface area contributed by atoms with E-state index in [-0.39, 0.29) is 5.82 Å². The zero-order valence-electron chi connectivity index (χ0n) is 7.46. The number of hydrogen-bond donors (Lipinski definition) is 0. The van der Waals surface area contributed by atoms with Gasteiger partial charge in [0.1, 0.15) is 5.82 Å². The molecule has 0 radical (unpaired) electrons. The van der Waals surface area contributed by atoms with Gasteiger partial charge >= 0.3 is 0 Å². The van der Waals surface area contributed by atoms with Crippen LogP contribution in [0.1, 0.15) is 5.56 Å². The minimum Gasteiger partial charge on any atom is -0.303 e. The third-order valence-electron chi connectivity index (χ3n) is 1.39. The fourth-order valence-corrected chi connectivity index (χ4v) is 1.17. The van der Waals surface area contributed by atoms with Crippen molar-refractivity contribution in [3.8, 4) is 0 Å². The van der Waals surface area contributed by atoms with E-state index in [0.29, 0.717) is 5.56 Å². The second-order valence-corrected chi connectivity index (χ2v) is 3.67. The Morgan fingerprint density at radius 3 is 2.77 bits per heavy atom. The minimum atomic E-state index is -0.270. The molecule has 0 spiro atoms. The Morgan fingerprint density at radius 1 is 1.46 bits per heavy atom. The van der Waals surface area contributed by atoms with Gasteiger partial charge in [0.15, 0.2) is 0 Å². The first-order chi connectivity index (χ1) is 6.09. The quantitative estimate of drug-likeness (QED) is 0.577.